The number of allylic oxidation sites excluding steroid dienone is 1. The summed E-state index contributed by atoms with van der Waals surface area (Å²) in [7, 11) is 0. The molecule has 2 atom stereocenters. The molecular formula is C17H24. The van der Waals surface area contributed by atoms with Crippen molar-refractivity contribution in [3.05, 3.63) is 41.5 Å². The number of hydrogen-bond donors (Lipinski definition) is 0. The van der Waals surface area contributed by atoms with Gasteiger partial charge in [-0.1, -0.05) is 69.7 Å². The van der Waals surface area contributed by atoms with Crippen LogP contribution in [0, 0.1) is 23.7 Å². The second-order valence-electron chi connectivity index (χ2n) is 6.24. The Morgan fingerprint density at radius 2 is 1.71 bits per heavy atom. The molecule has 0 N–H and O–H groups in total. The topological polar surface area (TPSA) is 0 Å². The zero-order chi connectivity index (χ0) is 12.7. The number of benzene rings is 1. The van der Waals surface area contributed by atoms with Crippen molar-refractivity contribution in [3.8, 4) is 0 Å². The molecule has 0 amide bonds. The molecule has 1 aliphatic rings. The first-order valence-electron chi connectivity index (χ1n) is 6.66. The minimum atomic E-state index is 0.461. The van der Waals surface area contributed by atoms with Crippen LogP contribution in [0.2, 0.25) is 0 Å². The van der Waals surface area contributed by atoms with E-state index in [0.717, 1.165) is 5.92 Å². The van der Waals surface area contributed by atoms with Gasteiger partial charge in [0.15, 0.2) is 0 Å². The molecule has 0 bridgehead atoms. The van der Waals surface area contributed by atoms with Gasteiger partial charge < -0.3 is 0 Å². The van der Waals surface area contributed by atoms with Gasteiger partial charge >= 0.3 is 0 Å². The lowest BCUT2D eigenvalue weighted by atomic mass is 9.96. The van der Waals surface area contributed by atoms with Gasteiger partial charge in [-0.15, -0.1) is 0 Å². The zero-order valence-electron chi connectivity index (χ0n) is 11.7. The molecule has 0 saturated heterocycles. The van der Waals surface area contributed by atoms with E-state index in [1.54, 1.807) is 0 Å². The van der Waals surface area contributed by atoms with E-state index in [1.165, 1.54) is 17.5 Å². The zero-order valence-corrected chi connectivity index (χ0v) is 11.7. The first kappa shape index (κ1) is 12.4. The Bertz CT molecular complexity index is 422. The van der Waals surface area contributed by atoms with Crippen molar-refractivity contribution in [2.75, 3.05) is 0 Å². The van der Waals surface area contributed by atoms with E-state index in [9.17, 15) is 0 Å². The Hall–Kier alpha value is -1.04. The Kier molecular flexibility index (Phi) is 2.93. The van der Waals surface area contributed by atoms with E-state index in [1.807, 2.05) is 0 Å². The van der Waals surface area contributed by atoms with Crippen LogP contribution in [0.5, 0.6) is 0 Å². The largest absolute Gasteiger partial charge is 0.0797 e. The van der Waals surface area contributed by atoms with Crippen LogP contribution in [-0.4, -0.2) is 0 Å². The van der Waals surface area contributed by atoms with Gasteiger partial charge in [0.2, 0.25) is 0 Å². The predicted octanol–water partition coefficient (Wildman–Crippen LogP) is 5.08. The second-order valence-corrected chi connectivity index (χ2v) is 6.24. The smallest absolute Gasteiger partial charge is 0.0114 e. The minimum absolute atomic E-state index is 0.461. The average Bonchev–Trinajstić information content (AvgIpc) is 2.73. The molecule has 1 aromatic carbocycles. The van der Waals surface area contributed by atoms with Gasteiger partial charge in [-0.05, 0) is 35.7 Å². The standard InChI is InChI=1S/C17H24/c1-6-17(5)15(16(17,3)4)12-11-14-9-7-13(2)8-10-14/h7-12,15H,6H2,1-5H3/b12-11+. The second kappa shape index (κ2) is 4.01. The summed E-state index contributed by atoms with van der Waals surface area (Å²) in [5.41, 5.74) is 3.60. The maximum Gasteiger partial charge on any atom is -0.0114 e. The molecule has 0 nitrogen and oxygen atoms in total. The third-order valence-corrected chi connectivity index (χ3v) is 5.15. The van der Waals surface area contributed by atoms with Gasteiger partial charge in [-0.3, -0.25) is 0 Å². The fraction of sp³-hybridized carbons (Fsp3) is 0.529. The number of hydrogen-bond acceptors (Lipinski definition) is 0. The van der Waals surface area contributed by atoms with Gasteiger partial charge in [-0.2, -0.15) is 0 Å². The van der Waals surface area contributed by atoms with Crippen LogP contribution in [-0.2, 0) is 0 Å². The van der Waals surface area contributed by atoms with Crippen LogP contribution < -0.4 is 0 Å². The predicted molar refractivity (Wildman–Crippen MR) is 75.9 cm³/mol. The molecule has 0 aliphatic heterocycles. The van der Waals surface area contributed by atoms with Crippen molar-refractivity contribution in [1.29, 1.82) is 0 Å². The SMILES string of the molecule is CCC1(C)C(/C=C/c2ccc(C)cc2)C1(C)C. The molecule has 0 radical (unpaired) electrons. The summed E-state index contributed by atoms with van der Waals surface area (Å²) in [6.45, 7) is 11.6. The van der Waals surface area contributed by atoms with Gasteiger partial charge in [0.1, 0.15) is 0 Å². The highest BCUT2D eigenvalue weighted by Crippen LogP contribution is 2.71. The van der Waals surface area contributed by atoms with Crippen molar-refractivity contribution in [2.24, 2.45) is 16.7 Å². The van der Waals surface area contributed by atoms with Gasteiger partial charge in [-0.25, -0.2) is 0 Å². The molecule has 17 heavy (non-hydrogen) atoms. The average molecular weight is 228 g/mol. The highest BCUT2D eigenvalue weighted by Gasteiger charge is 2.64. The van der Waals surface area contributed by atoms with Crippen LogP contribution in [0.25, 0.3) is 6.08 Å². The maximum atomic E-state index is 2.41. The van der Waals surface area contributed by atoms with Gasteiger partial charge in [0.05, 0.1) is 0 Å². The quantitative estimate of drug-likeness (QED) is 0.676. The summed E-state index contributed by atoms with van der Waals surface area (Å²) in [4.78, 5) is 0. The normalized spacial score (nSPS) is 30.8. The summed E-state index contributed by atoms with van der Waals surface area (Å²) in [5.74, 6) is 0.723. The van der Waals surface area contributed by atoms with E-state index < -0.39 is 0 Å². The Labute approximate surface area is 106 Å². The molecule has 0 heterocycles. The van der Waals surface area contributed by atoms with E-state index in [4.69, 9.17) is 0 Å². The Morgan fingerprint density at radius 3 is 2.18 bits per heavy atom. The molecule has 1 fully saturated rings. The lowest BCUT2D eigenvalue weighted by Crippen LogP contribution is -2.00. The van der Waals surface area contributed by atoms with Crippen molar-refractivity contribution in [2.45, 2.75) is 41.0 Å². The summed E-state index contributed by atoms with van der Waals surface area (Å²) >= 11 is 0. The van der Waals surface area contributed by atoms with Crippen molar-refractivity contribution >= 4 is 6.08 Å². The number of aryl methyl sites for hydroxylation is 1. The van der Waals surface area contributed by atoms with Gasteiger partial charge in [0, 0.05) is 0 Å². The third kappa shape index (κ3) is 1.94. The molecule has 2 rings (SSSR count). The maximum absolute atomic E-state index is 2.41. The molecule has 92 valence electrons. The van der Waals surface area contributed by atoms with Crippen molar-refractivity contribution in [3.63, 3.8) is 0 Å². The summed E-state index contributed by atoms with van der Waals surface area (Å²) in [6.07, 6.45) is 5.96. The highest BCUT2D eigenvalue weighted by atomic mass is 14.7. The molecule has 0 spiro atoms. The third-order valence-electron chi connectivity index (χ3n) is 5.15. The van der Waals surface area contributed by atoms with E-state index in [2.05, 4.69) is 71.0 Å². The summed E-state index contributed by atoms with van der Waals surface area (Å²) in [6, 6.07) is 8.75. The van der Waals surface area contributed by atoms with Gasteiger partial charge in [0.25, 0.3) is 0 Å². The Balaban J connectivity index is 2.11. The van der Waals surface area contributed by atoms with Crippen LogP contribution >= 0.6 is 0 Å². The minimum Gasteiger partial charge on any atom is -0.0797 e. The monoisotopic (exact) mass is 228 g/mol. The van der Waals surface area contributed by atoms with Crippen molar-refractivity contribution in [1.82, 2.24) is 0 Å². The number of rotatable bonds is 3. The molecule has 0 aromatic heterocycles. The van der Waals surface area contributed by atoms with E-state index in [0.29, 0.717) is 10.8 Å². The van der Waals surface area contributed by atoms with Crippen LogP contribution in [0.3, 0.4) is 0 Å². The lowest BCUT2D eigenvalue weighted by molar-refractivity contribution is 0.405. The summed E-state index contributed by atoms with van der Waals surface area (Å²) in [5, 5.41) is 0. The van der Waals surface area contributed by atoms with Crippen LogP contribution in [0.15, 0.2) is 30.3 Å². The first-order valence-corrected chi connectivity index (χ1v) is 6.66. The van der Waals surface area contributed by atoms with Crippen molar-refractivity contribution < 1.29 is 0 Å². The fourth-order valence-electron chi connectivity index (χ4n) is 3.13. The molecular weight excluding hydrogens is 204 g/mol. The fourth-order valence-corrected chi connectivity index (χ4v) is 3.13. The van der Waals surface area contributed by atoms with Crippen LogP contribution in [0.1, 0.15) is 45.2 Å². The summed E-state index contributed by atoms with van der Waals surface area (Å²) < 4.78 is 0. The molecule has 1 aromatic rings. The van der Waals surface area contributed by atoms with Crippen LogP contribution in [0.4, 0.5) is 0 Å². The Morgan fingerprint density at radius 1 is 1.12 bits per heavy atom. The molecule has 1 saturated carbocycles. The molecule has 0 heteroatoms. The molecule has 1 aliphatic carbocycles. The molecule has 2 unspecified atom stereocenters. The van der Waals surface area contributed by atoms with E-state index >= 15 is 0 Å². The lowest BCUT2D eigenvalue weighted by Gasteiger charge is -2.09. The highest BCUT2D eigenvalue weighted by molar-refractivity contribution is 5.51. The van der Waals surface area contributed by atoms with E-state index in [-0.39, 0.29) is 0 Å². The first-order chi connectivity index (χ1) is 7.91.